The average Bonchev–Trinajstić information content (AvgIpc) is 3.33. The Morgan fingerprint density at radius 2 is 1.69 bits per heavy atom. The largest absolute Gasteiger partial charge is 0.497 e. The molecule has 8 heteroatoms. The van der Waals surface area contributed by atoms with E-state index in [0.29, 0.717) is 29.2 Å². The van der Waals surface area contributed by atoms with Crippen LogP contribution < -0.4 is 10.1 Å². The molecule has 0 aliphatic heterocycles. The molecule has 182 valence electrons. The second-order valence-corrected chi connectivity index (χ2v) is 9.22. The number of rotatable bonds is 8. The molecule has 0 fully saturated rings. The van der Waals surface area contributed by atoms with Crippen LogP contribution in [0.15, 0.2) is 48.5 Å². The third-order valence-corrected chi connectivity index (χ3v) is 7.22. The van der Waals surface area contributed by atoms with Gasteiger partial charge in [0.1, 0.15) is 10.6 Å². The van der Waals surface area contributed by atoms with Gasteiger partial charge < -0.3 is 19.7 Å². The SMILES string of the molecule is CCN(CC)C(=O)c1ccc(NC(=O)COC(=O)c2cc3c(s2)-c2ccc(OC)cc2CC3)cc1. The fourth-order valence-corrected chi connectivity index (χ4v) is 5.29. The maximum Gasteiger partial charge on any atom is 0.348 e. The minimum atomic E-state index is -0.519. The Balaban J connectivity index is 1.34. The average molecular weight is 493 g/mol. The lowest BCUT2D eigenvalue weighted by Gasteiger charge is -2.18. The van der Waals surface area contributed by atoms with Gasteiger partial charge in [0.2, 0.25) is 0 Å². The van der Waals surface area contributed by atoms with Crippen LogP contribution in [0.4, 0.5) is 5.69 Å². The van der Waals surface area contributed by atoms with E-state index in [9.17, 15) is 14.4 Å². The molecule has 4 rings (SSSR count). The predicted octanol–water partition coefficient (Wildman–Crippen LogP) is 4.80. The fourth-order valence-electron chi connectivity index (χ4n) is 4.13. The van der Waals surface area contributed by atoms with Gasteiger partial charge in [0, 0.05) is 29.2 Å². The standard InChI is InChI=1S/C27H28N2O5S/c1-4-29(5-2)26(31)17-8-10-20(11-9-17)28-24(30)16-34-27(32)23-15-19-7-6-18-14-21(33-3)12-13-22(18)25(19)35-23/h8-15H,4-7,16H2,1-3H3,(H,28,30). The van der Waals surface area contributed by atoms with Crippen LogP contribution in [0.1, 0.15) is 45.0 Å². The lowest BCUT2D eigenvalue weighted by Crippen LogP contribution is -2.30. The van der Waals surface area contributed by atoms with E-state index in [4.69, 9.17) is 9.47 Å². The Morgan fingerprint density at radius 1 is 0.971 bits per heavy atom. The number of benzene rings is 2. The molecule has 2 aromatic carbocycles. The summed E-state index contributed by atoms with van der Waals surface area (Å²) in [6.07, 6.45) is 1.72. The molecular weight excluding hydrogens is 464 g/mol. The summed E-state index contributed by atoms with van der Waals surface area (Å²) in [5.74, 6) is -0.198. The number of aryl methyl sites for hydroxylation is 2. The number of methoxy groups -OCH3 is 1. The molecule has 35 heavy (non-hydrogen) atoms. The summed E-state index contributed by atoms with van der Waals surface area (Å²) in [7, 11) is 1.65. The van der Waals surface area contributed by atoms with Crippen molar-refractivity contribution in [3.8, 4) is 16.2 Å². The van der Waals surface area contributed by atoms with Crippen LogP contribution in [0, 0.1) is 0 Å². The molecule has 0 unspecified atom stereocenters. The first-order valence-electron chi connectivity index (χ1n) is 11.6. The van der Waals surface area contributed by atoms with E-state index in [1.54, 1.807) is 36.3 Å². The molecule has 0 spiro atoms. The molecule has 7 nitrogen and oxygen atoms in total. The Hall–Kier alpha value is -3.65. The highest BCUT2D eigenvalue weighted by molar-refractivity contribution is 7.17. The third-order valence-electron chi connectivity index (χ3n) is 6.03. The van der Waals surface area contributed by atoms with Gasteiger partial charge in [0.25, 0.3) is 11.8 Å². The number of nitrogens with one attached hydrogen (secondary N) is 1. The minimum absolute atomic E-state index is 0.0535. The highest BCUT2D eigenvalue weighted by Crippen LogP contribution is 2.41. The van der Waals surface area contributed by atoms with Crippen LogP contribution in [-0.4, -0.2) is 49.5 Å². The number of anilines is 1. The van der Waals surface area contributed by atoms with Crippen molar-refractivity contribution in [2.24, 2.45) is 0 Å². The summed E-state index contributed by atoms with van der Waals surface area (Å²) in [4.78, 5) is 40.6. The monoisotopic (exact) mass is 492 g/mol. The molecule has 1 heterocycles. The van der Waals surface area contributed by atoms with E-state index in [1.807, 2.05) is 38.1 Å². The van der Waals surface area contributed by atoms with Crippen molar-refractivity contribution in [1.82, 2.24) is 4.90 Å². The summed E-state index contributed by atoms with van der Waals surface area (Å²) in [5, 5.41) is 2.70. The molecule has 0 saturated heterocycles. The molecule has 0 bridgehead atoms. The fraction of sp³-hybridized carbons (Fsp3) is 0.296. The van der Waals surface area contributed by atoms with Gasteiger partial charge in [-0.05, 0) is 91.9 Å². The zero-order valence-corrected chi connectivity index (χ0v) is 20.9. The van der Waals surface area contributed by atoms with E-state index in [-0.39, 0.29) is 5.91 Å². The molecule has 2 amide bonds. The number of fused-ring (bicyclic) bond motifs is 3. The van der Waals surface area contributed by atoms with Crippen molar-refractivity contribution >= 4 is 34.8 Å². The van der Waals surface area contributed by atoms with Crippen LogP contribution in [0.5, 0.6) is 5.75 Å². The van der Waals surface area contributed by atoms with Gasteiger partial charge in [0.05, 0.1) is 7.11 Å². The van der Waals surface area contributed by atoms with Crippen molar-refractivity contribution in [2.75, 3.05) is 32.1 Å². The van der Waals surface area contributed by atoms with E-state index >= 15 is 0 Å². The molecule has 1 aliphatic carbocycles. The van der Waals surface area contributed by atoms with Gasteiger partial charge in [-0.25, -0.2) is 4.79 Å². The van der Waals surface area contributed by atoms with Gasteiger partial charge in [-0.3, -0.25) is 9.59 Å². The van der Waals surface area contributed by atoms with Gasteiger partial charge in [-0.2, -0.15) is 0 Å². The number of amides is 2. The van der Waals surface area contributed by atoms with E-state index in [0.717, 1.165) is 34.6 Å². The molecule has 1 N–H and O–H groups in total. The number of thiophene rings is 1. The first-order valence-corrected chi connectivity index (χ1v) is 12.4. The first-order chi connectivity index (χ1) is 16.9. The minimum Gasteiger partial charge on any atom is -0.497 e. The maximum absolute atomic E-state index is 12.6. The molecule has 0 radical (unpaired) electrons. The lowest BCUT2D eigenvalue weighted by molar-refractivity contribution is -0.119. The van der Waals surface area contributed by atoms with Crippen LogP contribution in [0.2, 0.25) is 0 Å². The Labute approximate surface area is 208 Å². The first kappa shape index (κ1) is 24.5. The van der Waals surface area contributed by atoms with Gasteiger partial charge in [-0.1, -0.05) is 0 Å². The Morgan fingerprint density at radius 3 is 2.37 bits per heavy atom. The van der Waals surface area contributed by atoms with Gasteiger partial charge in [-0.15, -0.1) is 11.3 Å². The summed E-state index contributed by atoms with van der Waals surface area (Å²) >= 11 is 1.38. The number of carbonyl (C=O) groups excluding carboxylic acids is 3. The quantitative estimate of drug-likeness (QED) is 0.457. The second-order valence-electron chi connectivity index (χ2n) is 8.17. The number of ether oxygens (including phenoxy) is 2. The molecular formula is C27H28N2O5S. The van der Waals surface area contributed by atoms with E-state index in [2.05, 4.69) is 5.32 Å². The molecule has 1 aromatic heterocycles. The van der Waals surface area contributed by atoms with Crippen LogP contribution in [0.25, 0.3) is 10.4 Å². The predicted molar refractivity (Wildman–Crippen MR) is 136 cm³/mol. The summed E-state index contributed by atoms with van der Waals surface area (Å²) < 4.78 is 10.6. The number of hydrogen-bond donors (Lipinski definition) is 1. The number of nitrogens with zero attached hydrogens (tertiary/aromatic N) is 1. The summed E-state index contributed by atoms with van der Waals surface area (Å²) in [6, 6.07) is 14.5. The van der Waals surface area contributed by atoms with Crippen molar-refractivity contribution in [3.05, 3.63) is 70.1 Å². The van der Waals surface area contributed by atoms with Gasteiger partial charge in [0.15, 0.2) is 6.61 Å². The molecule has 0 saturated carbocycles. The third kappa shape index (κ3) is 5.38. The highest BCUT2D eigenvalue weighted by Gasteiger charge is 2.23. The number of hydrogen-bond acceptors (Lipinski definition) is 6. The van der Waals surface area contributed by atoms with E-state index in [1.165, 1.54) is 16.9 Å². The van der Waals surface area contributed by atoms with Crippen molar-refractivity contribution in [2.45, 2.75) is 26.7 Å². The number of carbonyl (C=O) groups is 3. The summed E-state index contributed by atoms with van der Waals surface area (Å²) in [6.45, 7) is 4.73. The normalized spacial score (nSPS) is 11.7. The zero-order valence-electron chi connectivity index (χ0n) is 20.1. The summed E-state index contributed by atoms with van der Waals surface area (Å²) in [5.41, 5.74) is 4.50. The molecule has 3 aromatic rings. The Bertz CT molecular complexity index is 1240. The van der Waals surface area contributed by atoms with Gasteiger partial charge >= 0.3 is 5.97 Å². The van der Waals surface area contributed by atoms with E-state index < -0.39 is 18.5 Å². The highest BCUT2D eigenvalue weighted by atomic mass is 32.1. The van der Waals surface area contributed by atoms with Crippen LogP contribution >= 0.6 is 11.3 Å². The van der Waals surface area contributed by atoms with Crippen molar-refractivity contribution in [1.29, 1.82) is 0 Å². The van der Waals surface area contributed by atoms with Crippen LogP contribution in [-0.2, 0) is 22.4 Å². The lowest BCUT2D eigenvalue weighted by atomic mass is 9.91. The smallest absolute Gasteiger partial charge is 0.348 e. The Kier molecular flexibility index (Phi) is 7.51. The zero-order chi connectivity index (χ0) is 24.9. The second kappa shape index (κ2) is 10.7. The number of esters is 1. The maximum atomic E-state index is 12.6. The van der Waals surface area contributed by atoms with Crippen molar-refractivity contribution < 1.29 is 23.9 Å². The van der Waals surface area contributed by atoms with Crippen LogP contribution in [0.3, 0.4) is 0 Å². The van der Waals surface area contributed by atoms with Crippen molar-refractivity contribution in [3.63, 3.8) is 0 Å². The molecule has 0 atom stereocenters. The topological polar surface area (TPSA) is 84.9 Å². The molecule has 1 aliphatic rings.